The van der Waals surface area contributed by atoms with Crippen LogP contribution in [-0.2, 0) is 14.3 Å². The van der Waals surface area contributed by atoms with E-state index in [-0.39, 0.29) is 18.5 Å². The lowest BCUT2D eigenvalue weighted by Crippen LogP contribution is -2.53. The van der Waals surface area contributed by atoms with Gasteiger partial charge in [-0.2, -0.15) is 0 Å². The molecule has 2 N–H and O–H groups in total. The summed E-state index contributed by atoms with van der Waals surface area (Å²) in [6.07, 6.45) is -0.721. The van der Waals surface area contributed by atoms with Crippen molar-refractivity contribution < 1.29 is 14.3 Å². The number of hydrogen-bond acceptors (Lipinski definition) is 4. The van der Waals surface area contributed by atoms with Gasteiger partial charge in [0.25, 0.3) is 0 Å². The molecule has 2 amide bonds. The number of carbonyl (C=O) groups excluding carboxylic acids is 2. The number of amides is 2. The molecule has 1 aliphatic heterocycles. The maximum absolute atomic E-state index is 12.9. The molecule has 6 heteroatoms. The van der Waals surface area contributed by atoms with Crippen LogP contribution in [-0.4, -0.2) is 61.0 Å². The van der Waals surface area contributed by atoms with Crippen molar-refractivity contribution in [2.45, 2.75) is 19.1 Å². The predicted molar refractivity (Wildman–Crippen MR) is 83.0 cm³/mol. The van der Waals surface area contributed by atoms with E-state index < -0.39 is 12.0 Å². The van der Waals surface area contributed by atoms with Gasteiger partial charge < -0.3 is 15.4 Å². The van der Waals surface area contributed by atoms with Crippen LogP contribution in [0, 0.1) is 0 Å². The number of benzene rings is 1. The van der Waals surface area contributed by atoms with E-state index in [4.69, 9.17) is 10.5 Å². The molecule has 2 rings (SSSR count). The average molecular weight is 305 g/mol. The summed E-state index contributed by atoms with van der Waals surface area (Å²) in [5.74, 6) is -0.553. The number of carbonyl (C=O) groups is 2. The first-order valence-electron chi connectivity index (χ1n) is 7.49. The summed E-state index contributed by atoms with van der Waals surface area (Å²) in [6.45, 7) is 3.78. The largest absolute Gasteiger partial charge is 0.367 e. The molecule has 0 aromatic heterocycles. The highest BCUT2D eigenvalue weighted by Gasteiger charge is 2.33. The Morgan fingerprint density at radius 1 is 1.41 bits per heavy atom. The molecule has 6 nitrogen and oxygen atoms in total. The van der Waals surface area contributed by atoms with Crippen molar-refractivity contribution in [2.75, 3.05) is 33.3 Å². The summed E-state index contributed by atoms with van der Waals surface area (Å²) < 4.78 is 5.31. The van der Waals surface area contributed by atoms with Crippen molar-refractivity contribution in [1.82, 2.24) is 9.80 Å². The first kappa shape index (κ1) is 16.5. The molecule has 120 valence electrons. The molecule has 0 radical (unpaired) electrons. The second-order valence-electron chi connectivity index (χ2n) is 5.43. The SMILES string of the molecule is CCN(C)C(C(=O)N1CCOC(C(N)=O)C1)c1ccccc1. The van der Waals surface area contributed by atoms with Crippen molar-refractivity contribution in [2.24, 2.45) is 5.73 Å². The fraction of sp³-hybridized carbons (Fsp3) is 0.500. The van der Waals surface area contributed by atoms with Gasteiger partial charge in [-0.05, 0) is 19.2 Å². The highest BCUT2D eigenvalue weighted by Crippen LogP contribution is 2.23. The van der Waals surface area contributed by atoms with Gasteiger partial charge in [-0.25, -0.2) is 0 Å². The standard InChI is InChI=1S/C16H23N3O3/c1-3-18(2)14(12-7-5-4-6-8-12)16(21)19-9-10-22-13(11-19)15(17)20/h4-8,13-14H,3,9-11H2,1-2H3,(H2,17,20). The molecular weight excluding hydrogens is 282 g/mol. The van der Waals surface area contributed by atoms with Gasteiger partial charge in [-0.15, -0.1) is 0 Å². The zero-order chi connectivity index (χ0) is 16.1. The van der Waals surface area contributed by atoms with Crippen LogP contribution >= 0.6 is 0 Å². The molecule has 1 fully saturated rings. The molecule has 1 saturated heterocycles. The number of primary amides is 1. The molecule has 0 bridgehead atoms. The highest BCUT2D eigenvalue weighted by molar-refractivity contribution is 5.85. The van der Waals surface area contributed by atoms with Gasteiger partial charge in [0.2, 0.25) is 11.8 Å². The van der Waals surface area contributed by atoms with E-state index in [1.54, 1.807) is 4.90 Å². The second kappa shape index (κ2) is 7.38. The quantitative estimate of drug-likeness (QED) is 0.854. The Hall–Kier alpha value is -1.92. The van der Waals surface area contributed by atoms with Crippen molar-refractivity contribution in [1.29, 1.82) is 0 Å². The van der Waals surface area contributed by atoms with Gasteiger partial charge >= 0.3 is 0 Å². The molecule has 2 atom stereocenters. The highest BCUT2D eigenvalue weighted by atomic mass is 16.5. The summed E-state index contributed by atoms with van der Waals surface area (Å²) in [6, 6.07) is 9.30. The Bertz CT molecular complexity index is 521. The van der Waals surface area contributed by atoms with Crippen LogP contribution < -0.4 is 5.73 Å². The van der Waals surface area contributed by atoms with Crippen molar-refractivity contribution in [3.8, 4) is 0 Å². The summed E-state index contributed by atoms with van der Waals surface area (Å²) in [7, 11) is 1.92. The van der Waals surface area contributed by atoms with Crippen molar-refractivity contribution >= 4 is 11.8 Å². The topological polar surface area (TPSA) is 75.9 Å². The predicted octanol–water partition coefficient (Wildman–Crippen LogP) is 0.392. The Kier molecular flexibility index (Phi) is 5.51. The van der Waals surface area contributed by atoms with Gasteiger partial charge in [-0.3, -0.25) is 14.5 Å². The summed E-state index contributed by atoms with van der Waals surface area (Å²) >= 11 is 0. The second-order valence-corrected chi connectivity index (χ2v) is 5.43. The average Bonchev–Trinajstić information content (AvgIpc) is 2.55. The molecule has 1 heterocycles. The Morgan fingerprint density at radius 2 is 2.09 bits per heavy atom. The number of hydrogen-bond donors (Lipinski definition) is 1. The van der Waals surface area contributed by atoms with E-state index in [0.29, 0.717) is 13.2 Å². The maximum atomic E-state index is 12.9. The molecule has 2 unspecified atom stereocenters. The molecule has 0 spiro atoms. The van der Waals surface area contributed by atoms with Crippen LogP contribution in [0.25, 0.3) is 0 Å². The van der Waals surface area contributed by atoms with Crippen LogP contribution in [0.1, 0.15) is 18.5 Å². The van der Waals surface area contributed by atoms with Gasteiger partial charge in [0, 0.05) is 6.54 Å². The maximum Gasteiger partial charge on any atom is 0.248 e. The number of nitrogens with zero attached hydrogens (tertiary/aromatic N) is 2. The first-order chi connectivity index (χ1) is 10.5. The Balaban J connectivity index is 2.20. The van der Waals surface area contributed by atoms with Gasteiger partial charge in [-0.1, -0.05) is 37.3 Å². The monoisotopic (exact) mass is 305 g/mol. The van der Waals surface area contributed by atoms with E-state index >= 15 is 0 Å². The van der Waals surface area contributed by atoms with Crippen LogP contribution in [0.4, 0.5) is 0 Å². The van der Waals surface area contributed by atoms with Crippen molar-refractivity contribution in [3.63, 3.8) is 0 Å². The fourth-order valence-electron chi connectivity index (χ4n) is 2.60. The minimum atomic E-state index is -0.721. The third-order valence-electron chi connectivity index (χ3n) is 3.98. The molecule has 22 heavy (non-hydrogen) atoms. The lowest BCUT2D eigenvalue weighted by atomic mass is 10.0. The molecule has 0 aliphatic carbocycles. The minimum absolute atomic E-state index is 0.0231. The van der Waals surface area contributed by atoms with E-state index in [2.05, 4.69) is 0 Å². The van der Waals surface area contributed by atoms with Gasteiger partial charge in [0.05, 0.1) is 13.2 Å². The lowest BCUT2D eigenvalue weighted by Gasteiger charge is -2.36. The molecular formula is C16H23N3O3. The van der Waals surface area contributed by atoms with Gasteiger partial charge in [0.1, 0.15) is 6.04 Å². The van der Waals surface area contributed by atoms with E-state index in [1.165, 1.54) is 0 Å². The zero-order valence-electron chi connectivity index (χ0n) is 13.1. The first-order valence-corrected chi connectivity index (χ1v) is 7.49. The van der Waals surface area contributed by atoms with Crippen LogP contribution in [0.3, 0.4) is 0 Å². The molecule has 1 aromatic carbocycles. The van der Waals surface area contributed by atoms with Crippen LogP contribution in [0.2, 0.25) is 0 Å². The fourth-order valence-corrected chi connectivity index (χ4v) is 2.60. The van der Waals surface area contributed by atoms with Gasteiger partial charge in [0.15, 0.2) is 6.10 Å². The van der Waals surface area contributed by atoms with E-state index in [0.717, 1.165) is 12.1 Å². The zero-order valence-corrected chi connectivity index (χ0v) is 13.1. The Morgan fingerprint density at radius 3 is 2.68 bits per heavy atom. The summed E-state index contributed by atoms with van der Waals surface area (Å²) in [4.78, 5) is 27.9. The third kappa shape index (κ3) is 3.64. The minimum Gasteiger partial charge on any atom is -0.367 e. The molecule has 1 aromatic rings. The van der Waals surface area contributed by atoms with E-state index in [9.17, 15) is 9.59 Å². The van der Waals surface area contributed by atoms with E-state index in [1.807, 2.05) is 49.2 Å². The summed E-state index contributed by atoms with van der Waals surface area (Å²) in [5, 5.41) is 0. The smallest absolute Gasteiger partial charge is 0.248 e. The normalized spacial score (nSPS) is 20.0. The molecule has 1 aliphatic rings. The number of rotatable bonds is 5. The van der Waals surface area contributed by atoms with Crippen LogP contribution in [0.5, 0.6) is 0 Å². The number of likely N-dealkylation sites (N-methyl/N-ethyl adjacent to an activating group) is 1. The van der Waals surface area contributed by atoms with Crippen LogP contribution in [0.15, 0.2) is 30.3 Å². The molecule has 0 saturated carbocycles. The third-order valence-corrected chi connectivity index (χ3v) is 3.98. The summed E-state index contributed by atoms with van der Waals surface area (Å²) in [5.41, 5.74) is 6.23. The Labute approximate surface area is 130 Å². The van der Waals surface area contributed by atoms with Crippen molar-refractivity contribution in [3.05, 3.63) is 35.9 Å². The number of morpholine rings is 1. The number of ether oxygens (including phenoxy) is 1. The lowest BCUT2D eigenvalue weighted by molar-refractivity contribution is -0.149. The number of nitrogens with two attached hydrogens (primary N) is 1.